The van der Waals surface area contributed by atoms with Gasteiger partial charge in [-0.05, 0) is 78.1 Å². The van der Waals surface area contributed by atoms with Crippen molar-refractivity contribution >= 4 is 11.7 Å². The quantitative estimate of drug-likeness (QED) is 0.646. The Balaban J connectivity index is 2.32. The molecule has 0 unspecified atom stereocenters. The van der Waals surface area contributed by atoms with Crippen LogP contribution in [0.25, 0.3) is 11.1 Å². The van der Waals surface area contributed by atoms with Crippen molar-refractivity contribution in [3.63, 3.8) is 0 Å². The van der Waals surface area contributed by atoms with Gasteiger partial charge in [-0.2, -0.15) is 0 Å². The molecule has 0 radical (unpaired) electrons. The van der Waals surface area contributed by atoms with E-state index >= 15 is 0 Å². The van der Waals surface area contributed by atoms with Crippen molar-refractivity contribution in [1.82, 2.24) is 10.3 Å². The number of nitrogens with zero attached hydrogens (tertiary/aromatic N) is 2. The predicted octanol–water partition coefficient (Wildman–Crippen LogP) is 4.80. The van der Waals surface area contributed by atoms with Gasteiger partial charge in [0, 0.05) is 42.1 Å². The molecule has 1 aromatic heterocycles. The molecule has 0 bridgehead atoms. The third-order valence-corrected chi connectivity index (χ3v) is 6.00. The minimum atomic E-state index is -1.10. The number of aliphatic carboxylic acids is 1. The first kappa shape index (κ1) is 24.2. The van der Waals surface area contributed by atoms with Crippen LogP contribution in [0.2, 0.25) is 0 Å². The Morgan fingerprint density at radius 2 is 1.88 bits per heavy atom. The molecule has 1 atom stereocenters. The zero-order valence-corrected chi connectivity index (χ0v) is 20.5. The number of nitrogens with one attached hydrogen (secondary N) is 1. The summed E-state index contributed by atoms with van der Waals surface area (Å²) < 4.78 is 6.09. The van der Waals surface area contributed by atoms with E-state index in [1.165, 1.54) is 11.1 Å². The average Bonchev–Trinajstić information content (AvgIpc) is 2.72. The second kappa shape index (κ2) is 9.59. The van der Waals surface area contributed by atoms with Crippen LogP contribution in [0, 0.1) is 13.8 Å². The highest BCUT2D eigenvalue weighted by Gasteiger charge is 2.34. The molecule has 0 aliphatic carbocycles. The van der Waals surface area contributed by atoms with Gasteiger partial charge in [0.1, 0.15) is 0 Å². The van der Waals surface area contributed by atoms with Gasteiger partial charge in [0.05, 0.1) is 11.3 Å². The summed E-state index contributed by atoms with van der Waals surface area (Å²) in [6.45, 7) is 17.1. The highest BCUT2D eigenvalue weighted by molar-refractivity contribution is 5.88. The number of carboxylic acid groups (broad SMARTS) is 1. The maximum absolute atomic E-state index is 12.4. The lowest BCUT2D eigenvalue weighted by atomic mass is 9.90. The fourth-order valence-electron chi connectivity index (χ4n) is 4.59. The van der Waals surface area contributed by atoms with Crippen molar-refractivity contribution in [2.45, 2.75) is 73.1 Å². The summed E-state index contributed by atoms with van der Waals surface area (Å²) >= 11 is 0. The molecule has 32 heavy (non-hydrogen) atoms. The number of carboxylic acids is 1. The lowest BCUT2D eigenvalue weighted by Gasteiger charge is -2.33. The molecule has 6 nitrogen and oxygen atoms in total. The third-order valence-electron chi connectivity index (χ3n) is 6.00. The summed E-state index contributed by atoms with van der Waals surface area (Å²) in [5, 5.41) is 13.6. The molecule has 1 aliphatic heterocycles. The molecule has 3 rings (SSSR count). The van der Waals surface area contributed by atoms with Crippen molar-refractivity contribution in [2.75, 3.05) is 24.5 Å². The van der Waals surface area contributed by atoms with Gasteiger partial charge >= 0.3 is 5.97 Å². The normalized spacial score (nSPS) is 14.7. The molecule has 0 saturated heterocycles. The van der Waals surface area contributed by atoms with E-state index in [0.717, 1.165) is 55.1 Å². The SMILES string of the molecule is CCN(CC)c1c(-c2ccc3c(c2)CCNC3)c(C)nc(C)c1[C@H](OC(C)(C)C)C(=O)O. The van der Waals surface area contributed by atoms with Crippen LogP contribution in [-0.4, -0.2) is 41.3 Å². The molecule has 2 N–H and O–H groups in total. The average molecular weight is 440 g/mol. The third kappa shape index (κ3) is 4.97. The van der Waals surface area contributed by atoms with E-state index in [9.17, 15) is 9.90 Å². The number of aromatic nitrogens is 1. The fourth-order valence-corrected chi connectivity index (χ4v) is 4.59. The summed E-state index contributed by atoms with van der Waals surface area (Å²) in [6.07, 6.45) is -0.112. The zero-order chi connectivity index (χ0) is 23.6. The first-order valence-corrected chi connectivity index (χ1v) is 11.6. The number of aryl methyl sites for hydroxylation is 2. The summed E-state index contributed by atoms with van der Waals surface area (Å²) in [5.74, 6) is -0.996. The van der Waals surface area contributed by atoms with Gasteiger partial charge < -0.3 is 20.1 Å². The van der Waals surface area contributed by atoms with Crippen molar-refractivity contribution in [3.05, 3.63) is 46.3 Å². The van der Waals surface area contributed by atoms with E-state index < -0.39 is 17.7 Å². The predicted molar refractivity (Wildman–Crippen MR) is 129 cm³/mol. The Morgan fingerprint density at radius 1 is 1.19 bits per heavy atom. The van der Waals surface area contributed by atoms with Gasteiger partial charge in [-0.25, -0.2) is 4.79 Å². The summed E-state index contributed by atoms with van der Waals surface area (Å²) in [4.78, 5) is 19.5. The Morgan fingerprint density at radius 3 is 2.47 bits per heavy atom. The highest BCUT2D eigenvalue weighted by atomic mass is 16.5. The van der Waals surface area contributed by atoms with Crippen LogP contribution in [-0.2, 0) is 22.5 Å². The van der Waals surface area contributed by atoms with Crippen LogP contribution in [0.15, 0.2) is 18.2 Å². The first-order valence-electron chi connectivity index (χ1n) is 11.6. The number of pyridine rings is 1. The first-order chi connectivity index (χ1) is 15.1. The molecular weight excluding hydrogens is 402 g/mol. The van der Waals surface area contributed by atoms with E-state index in [0.29, 0.717) is 11.3 Å². The van der Waals surface area contributed by atoms with Crippen LogP contribution in [0.3, 0.4) is 0 Å². The fraction of sp³-hybridized carbons (Fsp3) is 0.538. The Bertz CT molecular complexity index is 991. The highest BCUT2D eigenvalue weighted by Crippen LogP contribution is 2.42. The topological polar surface area (TPSA) is 74.7 Å². The number of ether oxygens (including phenoxy) is 1. The molecule has 2 heterocycles. The summed E-state index contributed by atoms with van der Waals surface area (Å²) in [6, 6.07) is 6.58. The van der Waals surface area contributed by atoms with Crippen molar-refractivity contribution < 1.29 is 14.6 Å². The molecule has 1 aromatic carbocycles. The van der Waals surface area contributed by atoms with Crippen molar-refractivity contribution in [2.24, 2.45) is 0 Å². The van der Waals surface area contributed by atoms with E-state index in [4.69, 9.17) is 9.72 Å². The smallest absolute Gasteiger partial charge is 0.337 e. The zero-order valence-electron chi connectivity index (χ0n) is 20.5. The molecule has 2 aromatic rings. The number of fused-ring (bicyclic) bond motifs is 1. The monoisotopic (exact) mass is 439 g/mol. The van der Waals surface area contributed by atoms with Crippen LogP contribution in [0.1, 0.15) is 68.8 Å². The number of benzene rings is 1. The van der Waals surface area contributed by atoms with E-state index in [1.54, 1.807) is 0 Å². The summed E-state index contributed by atoms with van der Waals surface area (Å²) in [7, 11) is 0. The van der Waals surface area contributed by atoms with Crippen LogP contribution >= 0.6 is 0 Å². The number of hydrogen-bond acceptors (Lipinski definition) is 5. The minimum absolute atomic E-state index is 0.611. The van der Waals surface area contributed by atoms with Crippen molar-refractivity contribution in [3.8, 4) is 11.1 Å². The van der Waals surface area contributed by atoms with E-state index in [-0.39, 0.29) is 0 Å². The molecule has 6 heteroatoms. The lowest BCUT2D eigenvalue weighted by molar-refractivity contribution is -0.160. The van der Waals surface area contributed by atoms with E-state index in [2.05, 4.69) is 42.3 Å². The van der Waals surface area contributed by atoms with Gasteiger partial charge in [-0.15, -0.1) is 0 Å². The number of hydrogen-bond donors (Lipinski definition) is 2. The number of anilines is 1. The van der Waals surface area contributed by atoms with Crippen LogP contribution in [0.4, 0.5) is 5.69 Å². The molecule has 0 saturated carbocycles. The number of rotatable bonds is 7. The minimum Gasteiger partial charge on any atom is -0.479 e. The largest absolute Gasteiger partial charge is 0.479 e. The molecule has 1 aliphatic rings. The molecule has 0 fully saturated rings. The second-order valence-corrected chi connectivity index (χ2v) is 9.45. The van der Waals surface area contributed by atoms with Crippen LogP contribution < -0.4 is 10.2 Å². The Labute approximate surface area is 192 Å². The second-order valence-electron chi connectivity index (χ2n) is 9.45. The van der Waals surface area contributed by atoms with Gasteiger partial charge in [0.2, 0.25) is 0 Å². The Hall–Kier alpha value is -2.44. The molecule has 0 spiro atoms. The number of carbonyl (C=O) groups is 1. The molecular formula is C26H37N3O3. The van der Waals surface area contributed by atoms with Gasteiger partial charge in [0.25, 0.3) is 0 Å². The standard InChI is InChI=1S/C26H37N3O3/c1-8-29(9-2)23-21(19-10-11-20-15-27-13-12-18(20)14-19)16(3)28-17(4)22(23)24(25(30)31)32-26(5,6)7/h10-11,14,24,27H,8-9,12-13,15H2,1-7H3,(H,30,31)/t24-/m0/s1. The molecule has 0 amide bonds. The summed E-state index contributed by atoms with van der Waals surface area (Å²) in [5.41, 5.74) is 7.31. The van der Waals surface area contributed by atoms with Crippen LogP contribution in [0.5, 0.6) is 0 Å². The van der Waals surface area contributed by atoms with E-state index in [1.807, 2.05) is 34.6 Å². The lowest BCUT2D eigenvalue weighted by Crippen LogP contribution is -2.32. The maximum atomic E-state index is 12.4. The van der Waals surface area contributed by atoms with Gasteiger partial charge in [-0.1, -0.05) is 18.2 Å². The maximum Gasteiger partial charge on any atom is 0.337 e. The van der Waals surface area contributed by atoms with Gasteiger partial charge in [0.15, 0.2) is 6.10 Å². The van der Waals surface area contributed by atoms with Gasteiger partial charge in [-0.3, -0.25) is 4.98 Å². The molecule has 174 valence electrons. The van der Waals surface area contributed by atoms with Crippen molar-refractivity contribution in [1.29, 1.82) is 0 Å². The Kier molecular flexibility index (Phi) is 7.25.